The Morgan fingerprint density at radius 3 is 0.810 bits per heavy atom. The van der Waals surface area contributed by atoms with Crippen LogP contribution in [0, 0.1) is 0 Å². The first-order chi connectivity index (χ1) is 47.5. The second-order valence-corrected chi connectivity index (χ2v) is 31.9. The number of hydrogen-bond donors (Lipinski definition) is 2. The molecule has 8 bridgehead atoms. The highest BCUT2D eigenvalue weighted by molar-refractivity contribution is 7.92. The zero-order valence-electron chi connectivity index (χ0n) is 54.3. The molecule has 11 aromatic rings. The number of benzene rings is 8. The Kier molecular flexibility index (Phi) is 17.2. The van der Waals surface area contributed by atoms with E-state index in [1.165, 1.54) is 170 Å². The minimum absolute atomic E-state index is 0.0233. The molecule has 2 N–H and O–H groups in total. The summed E-state index contributed by atoms with van der Waals surface area (Å²) in [5.74, 6) is -4.15. The van der Waals surface area contributed by atoms with Gasteiger partial charge < -0.3 is 28.9 Å². The maximum absolute atomic E-state index is 15.0. The number of carbonyl (C=O) groups excluding carboxylic acids is 4. The van der Waals surface area contributed by atoms with Crippen LogP contribution in [0.15, 0.2) is 209 Å². The Balaban J connectivity index is 1.12. The first-order valence-electron chi connectivity index (χ1n) is 31.1. The topological polar surface area (TPSA) is 351 Å². The summed E-state index contributed by atoms with van der Waals surface area (Å²) in [6.07, 6.45) is -2.42. The average Bonchev–Trinajstić information content (AvgIpc) is 1.56. The number of fused-ring (bicyclic) bond motifs is 20. The molecular formula is C72H58N8O16S4. The van der Waals surface area contributed by atoms with Crippen LogP contribution in [0.2, 0.25) is 0 Å². The predicted octanol–water partition coefficient (Wildman–Crippen LogP) is 12.5. The van der Waals surface area contributed by atoms with E-state index >= 15 is 16.8 Å². The summed E-state index contributed by atoms with van der Waals surface area (Å²) < 4.78 is 142. The molecule has 0 unspecified atom stereocenters. The second-order valence-electron chi connectivity index (χ2n) is 24.3. The van der Waals surface area contributed by atoms with Crippen LogP contribution in [0.25, 0.3) is 89.7 Å². The van der Waals surface area contributed by atoms with Crippen LogP contribution >= 0.6 is 0 Å². The minimum Gasteiger partial charge on any atom is -0.459 e. The molecule has 2 aliphatic rings. The SMILES string of the molecule is CC(C)OC(=O)c1ccccc1S(=O)(=O)c1ccc2c(c1)-c1nc-2nc2[nH]c(nc3nc(nc4[nH]c(n1)c1ccc(S(=O)(=O)c5ccccc5C(=O)OC(C)C)cc41)-c1cc(S(=O)(=O)c4ccccc4C(=O)OC(C)C)ccc1-3)c1cc(S(=O)(=O)c3ccccc3C(=O)OC(C)C)ccc21. The summed E-state index contributed by atoms with van der Waals surface area (Å²) in [6, 6.07) is 38.2. The summed E-state index contributed by atoms with van der Waals surface area (Å²) in [6.45, 7) is 12.9. The Hall–Kier alpha value is -11.2. The number of rotatable bonds is 16. The largest absolute Gasteiger partial charge is 0.459 e. The van der Waals surface area contributed by atoms with Gasteiger partial charge in [0.2, 0.25) is 39.3 Å². The van der Waals surface area contributed by atoms with E-state index in [0.717, 1.165) is 0 Å². The van der Waals surface area contributed by atoms with Crippen molar-refractivity contribution in [2.24, 2.45) is 0 Å². The van der Waals surface area contributed by atoms with Crippen molar-refractivity contribution < 1.29 is 71.8 Å². The molecule has 28 heteroatoms. The molecule has 100 heavy (non-hydrogen) atoms. The van der Waals surface area contributed by atoms with Gasteiger partial charge in [0.05, 0.1) is 85.8 Å². The van der Waals surface area contributed by atoms with E-state index in [1.54, 1.807) is 55.4 Å². The lowest BCUT2D eigenvalue weighted by Gasteiger charge is -2.13. The number of aromatic amines is 2. The van der Waals surface area contributed by atoms with Crippen LogP contribution in [0.1, 0.15) is 96.8 Å². The van der Waals surface area contributed by atoms with Gasteiger partial charge >= 0.3 is 23.9 Å². The van der Waals surface area contributed by atoms with Gasteiger partial charge in [-0.3, -0.25) is 0 Å². The van der Waals surface area contributed by atoms with Gasteiger partial charge in [-0.05, 0) is 177 Å². The van der Waals surface area contributed by atoms with E-state index in [4.69, 9.17) is 48.9 Å². The number of hydrogen-bond acceptors (Lipinski definition) is 22. The molecule has 3 aromatic heterocycles. The van der Waals surface area contributed by atoms with Crippen molar-refractivity contribution in [2.75, 3.05) is 0 Å². The smallest absolute Gasteiger partial charge is 0.339 e. The van der Waals surface area contributed by atoms with Crippen LogP contribution in [0.3, 0.4) is 0 Å². The zero-order valence-corrected chi connectivity index (χ0v) is 57.6. The van der Waals surface area contributed by atoms with E-state index < -0.39 is 87.6 Å². The monoisotopic (exact) mass is 1420 g/mol. The molecule has 2 aliphatic heterocycles. The van der Waals surface area contributed by atoms with Gasteiger partial charge in [0, 0.05) is 43.8 Å². The maximum Gasteiger partial charge on any atom is 0.339 e. The average molecular weight is 1420 g/mol. The molecule has 8 aromatic carbocycles. The minimum atomic E-state index is -4.63. The molecule has 0 radical (unpaired) electrons. The number of H-pyrrole nitrogens is 2. The molecule has 0 saturated heterocycles. The highest BCUT2D eigenvalue weighted by Crippen LogP contribution is 2.42. The molecule has 0 atom stereocenters. The Morgan fingerprint density at radius 2 is 0.530 bits per heavy atom. The van der Waals surface area contributed by atoms with Gasteiger partial charge in [-0.15, -0.1) is 0 Å². The fourth-order valence-corrected chi connectivity index (χ4v) is 17.4. The van der Waals surface area contributed by atoms with E-state index in [0.29, 0.717) is 0 Å². The van der Waals surface area contributed by atoms with Gasteiger partial charge in [-0.25, -0.2) is 82.8 Å². The number of carbonyl (C=O) groups is 4. The van der Waals surface area contributed by atoms with Crippen LogP contribution < -0.4 is 0 Å². The lowest BCUT2D eigenvalue weighted by atomic mass is 10.1. The third kappa shape index (κ3) is 12.2. The highest BCUT2D eigenvalue weighted by atomic mass is 32.2. The summed E-state index contributed by atoms with van der Waals surface area (Å²) in [7, 11) is -18.4. The summed E-state index contributed by atoms with van der Waals surface area (Å²) in [5, 5.41) is 0.621. The van der Waals surface area contributed by atoms with Crippen molar-refractivity contribution in [3.05, 3.63) is 192 Å². The van der Waals surface area contributed by atoms with Crippen LogP contribution in [0.5, 0.6) is 0 Å². The quantitative estimate of drug-likeness (QED) is 0.0670. The standard InChI is InChI=1S/C72H58N8O16S4/c1-37(2)93-69(81)49-17-9-13-21-57(49)97(85,86)41-25-29-45-53(33-41)65-74-61(45)73-62-46-30-26-42(98(87,88)58-22-14-10-18-50(58)70(82)94-38(3)4)34-54(46)66(75-62)77-64-48-32-28-44(100(91,92)60-24-16-12-20-52(60)72(84)96-40(7)8)36-56(48)68(79-64)80-67-55-35-43(27-31-47(55)63(76-65)78-67)99(89,90)59-23-15-11-19-51(59)71(83)95-39(5)6/h9-40H,1-8H3,(H2,73,74,75,76,77,78,79,80). The Labute approximate surface area is 572 Å². The molecule has 0 spiro atoms. The molecule has 0 amide bonds. The number of aromatic nitrogens is 8. The third-order valence-corrected chi connectivity index (χ3v) is 23.2. The molecular weight excluding hydrogens is 1360 g/mol. The Morgan fingerprint density at radius 1 is 0.290 bits per heavy atom. The van der Waals surface area contributed by atoms with Crippen LogP contribution in [0.4, 0.5) is 0 Å². The number of nitrogens with zero attached hydrogens (tertiary/aromatic N) is 6. The first kappa shape index (κ1) is 67.4. The molecule has 0 fully saturated rings. The summed E-state index contributed by atoms with van der Waals surface area (Å²) in [4.78, 5) is 87.6. The molecule has 0 saturated carbocycles. The number of nitrogens with one attached hydrogen (secondary N) is 2. The van der Waals surface area contributed by atoms with Crippen LogP contribution in [-0.2, 0) is 58.3 Å². The van der Waals surface area contributed by atoms with Crippen molar-refractivity contribution in [2.45, 2.75) is 119 Å². The fraction of sp³-hybridized carbons (Fsp3) is 0.167. The van der Waals surface area contributed by atoms with E-state index in [2.05, 4.69) is 9.97 Å². The molecule has 13 rings (SSSR count). The summed E-state index contributed by atoms with van der Waals surface area (Å²) in [5.41, 5.74) is -0.682. The highest BCUT2D eigenvalue weighted by Gasteiger charge is 2.34. The van der Waals surface area contributed by atoms with Gasteiger partial charge in [-0.1, -0.05) is 48.5 Å². The van der Waals surface area contributed by atoms with Crippen molar-refractivity contribution >= 4 is 107 Å². The number of sulfone groups is 4. The van der Waals surface area contributed by atoms with Crippen molar-refractivity contribution in [3.63, 3.8) is 0 Å². The maximum atomic E-state index is 15.0. The number of ether oxygens (including phenoxy) is 4. The van der Waals surface area contributed by atoms with Gasteiger partial charge in [-0.2, -0.15) is 0 Å². The third-order valence-electron chi connectivity index (χ3n) is 15.9. The van der Waals surface area contributed by atoms with Gasteiger partial charge in [0.1, 0.15) is 22.6 Å². The van der Waals surface area contributed by atoms with Gasteiger partial charge in [0.15, 0.2) is 23.3 Å². The lowest BCUT2D eigenvalue weighted by Crippen LogP contribution is -2.15. The summed E-state index contributed by atoms with van der Waals surface area (Å²) >= 11 is 0. The second kappa shape index (κ2) is 25.6. The van der Waals surface area contributed by atoms with Crippen LogP contribution in [-0.4, -0.2) is 122 Å². The molecule has 24 nitrogen and oxygen atoms in total. The molecule has 5 heterocycles. The van der Waals surface area contributed by atoms with Crippen molar-refractivity contribution in [1.82, 2.24) is 39.9 Å². The van der Waals surface area contributed by atoms with E-state index in [1.807, 2.05) is 0 Å². The zero-order chi connectivity index (χ0) is 71.1. The predicted molar refractivity (Wildman–Crippen MR) is 366 cm³/mol. The molecule has 0 aliphatic carbocycles. The van der Waals surface area contributed by atoms with Crippen molar-refractivity contribution in [3.8, 4) is 45.6 Å². The van der Waals surface area contributed by atoms with E-state index in [9.17, 15) is 36.0 Å². The van der Waals surface area contributed by atoms with E-state index in [-0.39, 0.29) is 151 Å². The molecule has 506 valence electrons. The van der Waals surface area contributed by atoms with Gasteiger partial charge in [0.25, 0.3) is 0 Å². The lowest BCUT2D eigenvalue weighted by molar-refractivity contribution is 0.0363. The van der Waals surface area contributed by atoms with Crippen molar-refractivity contribution in [1.29, 1.82) is 0 Å². The normalized spacial score (nSPS) is 12.4. The Bertz CT molecular complexity index is 6010. The first-order valence-corrected chi connectivity index (χ1v) is 37.0. The number of esters is 4. The fourth-order valence-electron chi connectivity index (χ4n) is 11.5.